The van der Waals surface area contributed by atoms with Gasteiger partial charge in [-0.3, -0.25) is 9.59 Å². The van der Waals surface area contributed by atoms with Crippen LogP contribution in [0.5, 0.6) is 17.2 Å². The van der Waals surface area contributed by atoms with Gasteiger partial charge in [0.25, 0.3) is 11.8 Å². The van der Waals surface area contributed by atoms with Crippen LogP contribution in [0.4, 0.5) is 11.6 Å². The summed E-state index contributed by atoms with van der Waals surface area (Å²) in [6, 6.07) is 21.5. The molecule has 13 heteroatoms. The zero-order valence-corrected chi connectivity index (χ0v) is 29.4. The summed E-state index contributed by atoms with van der Waals surface area (Å²) in [5.41, 5.74) is 1.27. The van der Waals surface area contributed by atoms with Gasteiger partial charge in [-0.1, -0.05) is 24.3 Å². The zero-order valence-electron chi connectivity index (χ0n) is 29.4. The molecule has 0 spiro atoms. The normalized spacial score (nSPS) is 11.4. The second-order valence-corrected chi connectivity index (χ2v) is 12.5. The SMILES string of the molecule is CN(C)CCOc1cc(C(=O)Nc2cc(OCCN(C)C)c3ccccc3n2)nc(C(=O)Nc2cc(OCCN(C)C)c3ccccc3n2)c1. The Kier molecular flexibility index (Phi) is 12.1. The first-order valence-corrected chi connectivity index (χ1v) is 16.3. The van der Waals surface area contributed by atoms with Gasteiger partial charge in [0.2, 0.25) is 0 Å². The predicted molar refractivity (Wildman–Crippen MR) is 196 cm³/mol. The fraction of sp³-hybridized carbons (Fsp3) is 0.324. The Morgan fingerprint density at radius 1 is 0.560 bits per heavy atom. The van der Waals surface area contributed by atoms with Gasteiger partial charge in [0.15, 0.2) is 0 Å². The van der Waals surface area contributed by atoms with Crippen molar-refractivity contribution in [3.05, 3.63) is 84.2 Å². The number of nitrogens with zero attached hydrogens (tertiary/aromatic N) is 6. The van der Waals surface area contributed by atoms with Gasteiger partial charge in [-0.2, -0.15) is 0 Å². The first-order valence-electron chi connectivity index (χ1n) is 16.3. The maximum atomic E-state index is 13.7. The Balaban J connectivity index is 1.42. The quantitative estimate of drug-likeness (QED) is 0.153. The van der Waals surface area contributed by atoms with E-state index < -0.39 is 11.8 Å². The molecule has 2 N–H and O–H groups in total. The van der Waals surface area contributed by atoms with E-state index in [0.29, 0.717) is 67.7 Å². The molecule has 0 atom stereocenters. The minimum Gasteiger partial charge on any atom is -0.492 e. The van der Waals surface area contributed by atoms with Gasteiger partial charge in [-0.05, 0) is 66.6 Å². The number of anilines is 2. The van der Waals surface area contributed by atoms with Crippen LogP contribution in [0.15, 0.2) is 72.8 Å². The standard InChI is InChI=1S/C37H44N8O5/c1-43(2)15-18-48-25-21-30(36(46)41-34-23-32(49-19-16-44(3)4)26-11-7-9-13-28(26)39-34)38-31(22-25)37(47)42-35-24-33(50-20-17-45(5)6)27-12-8-10-14-29(27)40-35/h7-14,21-24H,15-20H2,1-6H3,(H,39,41,46)(H,40,42,47). The van der Waals surface area contributed by atoms with E-state index in [1.807, 2.05) is 106 Å². The summed E-state index contributed by atoms with van der Waals surface area (Å²) >= 11 is 0. The number of carbonyl (C=O) groups excluding carboxylic acids is 2. The van der Waals surface area contributed by atoms with Crippen LogP contribution < -0.4 is 24.8 Å². The molecule has 0 aliphatic carbocycles. The Morgan fingerprint density at radius 2 is 0.960 bits per heavy atom. The van der Waals surface area contributed by atoms with Crippen LogP contribution in [0.1, 0.15) is 21.0 Å². The van der Waals surface area contributed by atoms with E-state index >= 15 is 0 Å². The molecule has 262 valence electrons. The number of rotatable bonds is 16. The van der Waals surface area contributed by atoms with Gasteiger partial charge in [0.1, 0.15) is 60.1 Å². The third kappa shape index (κ3) is 9.84. The Hall–Kier alpha value is -5.37. The summed E-state index contributed by atoms with van der Waals surface area (Å²) in [6.45, 7) is 3.30. The highest BCUT2D eigenvalue weighted by molar-refractivity contribution is 6.07. The van der Waals surface area contributed by atoms with Crippen LogP contribution in [-0.2, 0) is 0 Å². The number of aromatic nitrogens is 3. The number of nitrogens with one attached hydrogen (secondary N) is 2. The van der Waals surface area contributed by atoms with E-state index in [0.717, 1.165) is 10.8 Å². The highest BCUT2D eigenvalue weighted by Gasteiger charge is 2.19. The van der Waals surface area contributed by atoms with E-state index in [4.69, 9.17) is 14.2 Å². The molecular formula is C37H44N8O5. The number of ether oxygens (including phenoxy) is 3. The van der Waals surface area contributed by atoms with Crippen molar-refractivity contribution >= 4 is 45.3 Å². The highest BCUT2D eigenvalue weighted by Crippen LogP contribution is 2.29. The van der Waals surface area contributed by atoms with E-state index in [1.54, 1.807) is 12.1 Å². The lowest BCUT2D eigenvalue weighted by atomic mass is 10.2. The second kappa shape index (κ2) is 16.8. The van der Waals surface area contributed by atoms with Crippen molar-refractivity contribution in [2.75, 3.05) is 92.4 Å². The molecule has 0 bridgehead atoms. The number of amides is 2. The van der Waals surface area contributed by atoms with Crippen molar-refractivity contribution < 1.29 is 23.8 Å². The third-order valence-electron chi connectivity index (χ3n) is 7.50. The van der Waals surface area contributed by atoms with Crippen molar-refractivity contribution in [3.63, 3.8) is 0 Å². The molecule has 3 aromatic heterocycles. The lowest BCUT2D eigenvalue weighted by Crippen LogP contribution is -2.22. The highest BCUT2D eigenvalue weighted by atomic mass is 16.5. The molecule has 0 saturated heterocycles. The first-order chi connectivity index (χ1) is 24.0. The molecule has 50 heavy (non-hydrogen) atoms. The molecule has 0 fully saturated rings. The monoisotopic (exact) mass is 680 g/mol. The third-order valence-corrected chi connectivity index (χ3v) is 7.50. The lowest BCUT2D eigenvalue weighted by molar-refractivity contribution is 0.101. The van der Waals surface area contributed by atoms with Gasteiger partial charge >= 0.3 is 0 Å². The number of fused-ring (bicyclic) bond motifs is 2. The van der Waals surface area contributed by atoms with Gasteiger partial charge in [0, 0.05) is 54.7 Å². The summed E-state index contributed by atoms with van der Waals surface area (Å²) in [4.78, 5) is 47.1. The molecule has 0 saturated carbocycles. The van der Waals surface area contributed by atoms with Crippen molar-refractivity contribution in [1.82, 2.24) is 29.7 Å². The average Bonchev–Trinajstić information content (AvgIpc) is 3.07. The number of hydrogen-bond acceptors (Lipinski definition) is 11. The van der Waals surface area contributed by atoms with Crippen LogP contribution in [0.2, 0.25) is 0 Å². The van der Waals surface area contributed by atoms with Crippen molar-refractivity contribution in [2.24, 2.45) is 0 Å². The van der Waals surface area contributed by atoms with Gasteiger partial charge in [0.05, 0.1) is 11.0 Å². The van der Waals surface area contributed by atoms with E-state index in [2.05, 4.69) is 25.6 Å². The van der Waals surface area contributed by atoms with E-state index in [1.165, 1.54) is 12.1 Å². The summed E-state index contributed by atoms with van der Waals surface area (Å²) in [5, 5.41) is 7.31. The molecule has 3 heterocycles. The minimum absolute atomic E-state index is 0.0262. The molecule has 13 nitrogen and oxygen atoms in total. The fourth-order valence-corrected chi connectivity index (χ4v) is 4.86. The number of likely N-dealkylation sites (N-methyl/N-ethyl adjacent to an activating group) is 3. The molecule has 2 amide bonds. The first kappa shape index (κ1) is 35.9. The smallest absolute Gasteiger partial charge is 0.275 e. The lowest BCUT2D eigenvalue weighted by Gasteiger charge is -2.15. The number of benzene rings is 2. The second-order valence-electron chi connectivity index (χ2n) is 12.5. The van der Waals surface area contributed by atoms with Crippen molar-refractivity contribution in [3.8, 4) is 17.2 Å². The Labute approximate surface area is 292 Å². The van der Waals surface area contributed by atoms with Crippen molar-refractivity contribution in [1.29, 1.82) is 0 Å². The van der Waals surface area contributed by atoms with Gasteiger partial charge < -0.3 is 39.5 Å². The number of carbonyl (C=O) groups is 2. The molecule has 2 aromatic carbocycles. The van der Waals surface area contributed by atoms with Gasteiger partial charge in [-0.15, -0.1) is 0 Å². The largest absolute Gasteiger partial charge is 0.492 e. The maximum absolute atomic E-state index is 13.7. The topological polar surface area (TPSA) is 134 Å². The van der Waals surface area contributed by atoms with Crippen LogP contribution in [0.3, 0.4) is 0 Å². The summed E-state index contributed by atoms with van der Waals surface area (Å²) in [7, 11) is 11.7. The van der Waals surface area contributed by atoms with Crippen LogP contribution in [-0.4, -0.2) is 123 Å². The molecule has 0 unspecified atom stereocenters. The summed E-state index contributed by atoms with van der Waals surface area (Å²) in [5.74, 6) is 0.920. The predicted octanol–water partition coefficient (Wildman–Crippen LogP) is 4.50. The Morgan fingerprint density at radius 3 is 1.38 bits per heavy atom. The molecule has 0 aliphatic rings. The van der Waals surface area contributed by atoms with Crippen LogP contribution >= 0.6 is 0 Å². The molecule has 0 aliphatic heterocycles. The molecule has 5 aromatic rings. The Bertz CT molecular complexity index is 1820. The van der Waals surface area contributed by atoms with E-state index in [9.17, 15) is 9.59 Å². The number of pyridine rings is 3. The minimum atomic E-state index is -0.570. The number of hydrogen-bond donors (Lipinski definition) is 2. The van der Waals surface area contributed by atoms with Crippen LogP contribution in [0, 0.1) is 0 Å². The van der Waals surface area contributed by atoms with Crippen molar-refractivity contribution in [2.45, 2.75) is 0 Å². The maximum Gasteiger partial charge on any atom is 0.275 e. The fourth-order valence-electron chi connectivity index (χ4n) is 4.86. The molecule has 5 rings (SSSR count). The summed E-state index contributed by atoms with van der Waals surface area (Å²) in [6.07, 6.45) is 0. The summed E-state index contributed by atoms with van der Waals surface area (Å²) < 4.78 is 18.1. The van der Waals surface area contributed by atoms with E-state index in [-0.39, 0.29) is 23.0 Å². The molecule has 0 radical (unpaired) electrons. The average molecular weight is 681 g/mol. The van der Waals surface area contributed by atoms with Crippen LogP contribution in [0.25, 0.3) is 21.8 Å². The molecular weight excluding hydrogens is 636 g/mol. The van der Waals surface area contributed by atoms with Gasteiger partial charge in [-0.25, -0.2) is 15.0 Å². The number of para-hydroxylation sites is 2. The zero-order chi connectivity index (χ0) is 35.6.